The lowest BCUT2D eigenvalue weighted by atomic mass is 10.2. The highest BCUT2D eigenvalue weighted by Gasteiger charge is 2.08. The molecular formula is C16H18BrN3OS. The van der Waals surface area contributed by atoms with Crippen LogP contribution in [0.2, 0.25) is 0 Å². The number of aromatic nitrogens is 1. The van der Waals surface area contributed by atoms with Crippen LogP contribution in [0.1, 0.15) is 5.56 Å². The van der Waals surface area contributed by atoms with Crippen molar-refractivity contribution < 1.29 is 4.79 Å². The van der Waals surface area contributed by atoms with Gasteiger partial charge in [-0.2, -0.15) is 0 Å². The van der Waals surface area contributed by atoms with E-state index in [9.17, 15) is 4.79 Å². The van der Waals surface area contributed by atoms with Crippen LogP contribution in [0.5, 0.6) is 0 Å². The minimum absolute atomic E-state index is 0.0712. The Kier molecular flexibility index (Phi) is 6.42. The molecule has 0 radical (unpaired) electrons. The molecule has 1 heterocycles. The molecule has 0 saturated carbocycles. The van der Waals surface area contributed by atoms with Gasteiger partial charge in [0.05, 0.1) is 6.54 Å². The standard InChI is InChI=1S/C16H18BrN3OS/c1-20(10-12-3-6-14(22-2)7-4-12)11-16(21)19-15-8-5-13(17)9-18-15/h3-9H,10-11H2,1-2H3,(H,18,19,21). The average Bonchev–Trinajstić information content (AvgIpc) is 2.50. The van der Waals surface area contributed by atoms with Gasteiger partial charge < -0.3 is 5.32 Å². The number of hydrogen-bond acceptors (Lipinski definition) is 4. The van der Waals surface area contributed by atoms with Crippen LogP contribution in [0, 0.1) is 0 Å². The molecule has 2 rings (SSSR count). The fourth-order valence-corrected chi connectivity index (χ4v) is 2.62. The Balaban J connectivity index is 1.83. The molecule has 0 aliphatic carbocycles. The quantitative estimate of drug-likeness (QED) is 0.778. The first kappa shape index (κ1) is 17.0. The van der Waals surface area contributed by atoms with Crippen molar-refractivity contribution in [1.29, 1.82) is 0 Å². The maximum atomic E-state index is 12.0. The summed E-state index contributed by atoms with van der Waals surface area (Å²) in [6.45, 7) is 1.05. The topological polar surface area (TPSA) is 45.2 Å². The van der Waals surface area contributed by atoms with Crippen LogP contribution in [0.3, 0.4) is 0 Å². The van der Waals surface area contributed by atoms with Gasteiger partial charge in [-0.3, -0.25) is 9.69 Å². The normalized spacial score (nSPS) is 10.7. The predicted molar refractivity (Wildman–Crippen MR) is 95.1 cm³/mol. The van der Waals surface area contributed by atoms with Gasteiger partial charge in [-0.25, -0.2) is 4.98 Å². The number of benzene rings is 1. The summed E-state index contributed by atoms with van der Waals surface area (Å²) in [5.74, 6) is 0.490. The molecule has 0 fully saturated rings. The lowest BCUT2D eigenvalue weighted by Gasteiger charge is -2.16. The minimum Gasteiger partial charge on any atom is -0.310 e. The summed E-state index contributed by atoms with van der Waals surface area (Å²) in [5, 5.41) is 2.79. The van der Waals surface area contributed by atoms with Gasteiger partial charge in [0.25, 0.3) is 0 Å². The van der Waals surface area contributed by atoms with Crippen molar-refractivity contribution in [3.63, 3.8) is 0 Å². The second kappa shape index (κ2) is 8.31. The van der Waals surface area contributed by atoms with Crippen LogP contribution in [-0.2, 0) is 11.3 Å². The predicted octanol–water partition coefficient (Wildman–Crippen LogP) is 3.64. The van der Waals surface area contributed by atoms with E-state index >= 15 is 0 Å². The Hall–Kier alpha value is -1.37. The lowest BCUT2D eigenvalue weighted by Crippen LogP contribution is -2.30. The number of nitrogens with one attached hydrogen (secondary N) is 1. The van der Waals surface area contributed by atoms with Crippen molar-refractivity contribution in [3.05, 3.63) is 52.6 Å². The van der Waals surface area contributed by atoms with Gasteiger partial charge in [0, 0.05) is 22.1 Å². The summed E-state index contributed by atoms with van der Waals surface area (Å²) >= 11 is 5.04. The molecule has 0 spiro atoms. The van der Waals surface area contributed by atoms with E-state index in [1.165, 1.54) is 10.5 Å². The van der Waals surface area contributed by atoms with Gasteiger partial charge in [0.2, 0.25) is 5.91 Å². The molecule has 0 saturated heterocycles. The highest BCUT2D eigenvalue weighted by molar-refractivity contribution is 9.10. The molecule has 0 bridgehead atoms. The Morgan fingerprint density at radius 1 is 1.27 bits per heavy atom. The van der Waals surface area contributed by atoms with Crippen molar-refractivity contribution in [2.45, 2.75) is 11.4 Å². The molecule has 1 amide bonds. The number of rotatable bonds is 6. The van der Waals surface area contributed by atoms with Gasteiger partial charge in [0.15, 0.2) is 0 Å². The molecule has 0 unspecified atom stereocenters. The number of nitrogens with zero attached hydrogens (tertiary/aromatic N) is 2. The molecule has 0 aliphatic heterocycles. The largest absolute Gasteiger partial charge is 0.310 e. The highest BCUT2D eigenvalue weighted by Crippen LogP contribution is 2.15. The summed E-state index contributed by atoms with van der Waals surface area (Å²) in [6, 6.07) is 12.0. The molecule has 22 heavy (non-hydrogen) atoms. The number of halogens is 1. The third-order valence-corrected chi connectivity index (χ3v) is 4.23. The maximum absolute atomic E-state index is 12.0. The van der Waals surface area contributed by atoms with Crippen molar-refractivity contribution in [2.24, 2.45) is 0 Å². The Morgan fingerprint density at radius 3 is 2.59 bits per heavy atom. The summed E-state index contributed by atoms with van der Waals surface area (Å²) in [6.07, 6.45) is 3.72. The fourth-order valence-electron chi connectivity index (χ4n) is 1.98. The number of anilines is 1. The van der Waals surface area contributed by atoms with Crippen molar-refractivity contribution in [3.8, 4) is 0 Å². The monoisotopic (exact) mass is 379 g/mol. The minimum atomic E-state index is -0.0712. The number of carbonyl (C=O) groups is 1. The molecule has 0 aliphatic rings. The number of thioether (sulfide) groups is 1. The van der Waals surface area contributed by atoms with Crippen LogP contribution >= 0.6 is 27.7 Å². The summed E-state index contributed by atoms with van der Waals surface area (Å²) in [4.78, 5) is 19.3. The van der Waals surface area contributed by atoms with E-state index < -0.39 is 0 Å². The molecule has 116 valence electrons. The zero-order valence-electron chi connectivity index (χ0n) is 12.5. The SMILES string of the molecule is CSc1ccc(CN(C)CC(=O)Nc2ccc(Br)cn2)cc1. The third kappa shape index (κ3) is 5.44. The van der Waals surface area contributed by atoms with E-state index in [-0.39, 0.29) is 5.91 Å². The first-order chi connectivity index (χ1) is 10.6. The fraction of sp³-hybridized carbons (Fsp3) is 0.250. The smallest absolute Gasteiger partial charge is 0.239 e. The van der Waals surface area contributed by atoms with Gasteiger partial charge in [-0.05, 0) is 59.1 Å². The van der Waals surface area contributed by atoms with Gasteiger partial charge >= 0.3 is 0 Å². The summed E-state index contributed by atoms with van der Waals surface area (Å²) in [7, 11) is 1.93. The number of hydrogen-bond donors (Lipinski definition) is 1. The highest BCUT2D eigenvalue weighted by atomic mass is 79.9. The molecule has 1 aromatic heterocycles. The van der Waals surface area contributed by atoms with Crippen LogP contribution < -0.4 is 5.32 Å². The Morgan fingerprint density at radius 2 is 2.00 bits per heavy atom. The first-order valence-corrected chi connectivity index (χ1v) is 8.81. The van der Waals surface area contributed by atoms with E-state index in [4.69, 9.17) is 0 Å². The van der Waals surface area contributed by atoms with Crippen LogP contribution in [0.4, 0.5) is 5.82 Å². The molecule has 0 atom stereocenters. The zero-order valence-corrected chi connectivity index (χ0v) is 14.9. The number of likely N-dealkylation sites (N-methyl/N-ethyl adjacent to an activating group) is 1. The number of carbonyl (C=O) groups excluding carboxylic acids is 1. The Bertz CT molecular complexity index is 616. The van der Waals surface area contributed by atoms with Crippen molar-refractivity contribution in [2.75, 3.05) is 25.2 Å². The zero-order chi connectivity index (χ0) is 15.9. The maximum Gasteiger partial charge on any atom is 0.239 e. The van der Waals surface area contributed by atoms with Gasteiger partial charge in [-0.15, -0.1) is 11.8 Å². The summed E-state index contributed by atoms with van der Waals surface area (Å²) < 4.78 is 0.885. The average molecular weight is 380 g/mol. The molecule has 1 N–H and O–H groups in total. The molecule has 4 nitrogen and oxygen atoms in total. The van der Waals surface area contributed by atoms with Gasteiger partial charge in [-0.1, -0.05) is 12.1 Å². The van der Waals surface area contributed by atoms with Crippen LogP contribution in [0.15, 0.2) is 52.0 Å². The Labute approximate surface area is 143 Å². The second-order valence-corrected chi connectivity index (χ2v) is 6.73. The van der Waals surface area contributed by atoms with Crippen LogP contribution in [-0.4, -0.2) is 35.6 Å². The third-order valence-electron chi connectivity index (χ3n) is 3.02. The van der Waals surface area contributed by atoms with E-state index in [2.05, 4.69) is 56.8 Å². The number of amides is 1. The molecule has 2 aromatic rings. The first-order valence-electron chi connectivity index (χ1n) is 6.79. The number of pyridine rings is 1. The summed E-state index contributed by atoms with van der Waals surface area (Å²) in [5.41, 5.74) is 1.19. The van der Waals surface area contributed by atoms with Crippen LogP contribution in [0.25, 0.3) is 0 Å². The van der Waals surface area contributed by atoms with E-state index in [0.29, 0.717) is 12.4 Å². The molecular weight excluding hydrogens is 362 g/mol. The molecule has 1 aromatic carbocycles. The second-order valence-electron chi connectivity index (χ2n) is 4.93. The molecule has 6 heteroatoms. The van der Waals surface area contributed by atoms with E-state index in [1.807, 2.05) is 18.0 Å². The van der Waals surface area contributed by atoms with E-state index in [1.54, 1.807) is 24.0 Å². The van der Waals surface area contributed by atoms with E-state index in [0.717, 1.165) is 11.0 Å². The van der Waals surface area contributed by atoms with Crippen molar-refractivity contribution >= 4 is 39.4 Å². The lowest BCUT2D eigenvalue weighted by molar-refractivity contribution is -0.117. The van der Waals surface area contributed by atoms with Crippen molar-refractivity contribution in [1.82, 2.24) is 9.88 Å². The van der Waals surface area contributed by atoms with Gasteiger partial charge in [0.1, 0.15) is 5.82 Å².